The van der Waals surface area contributed by atoms with Crippen LogP contribution in [0.4, 0.5) is 15.9 Å². The molecular weight excluding hydrogens is 337 g/mol. The predicted molar refractivity (Wildman–Crippen MR) is 97.1 cm³/mol. The number of piperazine rings is 1. The zero-order valence-corrected chi connectivity index (χ0v) is 14.7. The molecule has 0 saturated carbocycles. The van der Waals surface area contributed by atoms with E-state index < -0.39 is 0 Å². The summed E-state index contributed by atoms with van der Waals surface area (Å²) in [6.07, 6.45) is 3.07. The SMILES string of the molecule is COCCNC(=O)c1cnc(N2CCN(c3ccccc3F)CC2)cn1. The number of nitrogens with zero attached hydrogens (tertiary/aromatic N) is 4. The Morgan fingerprint density at radius 1 is 1.15 bits per heavy atom. The highest BCUT2D eigenvalue weighted by molar-refractivity contribution is 5.92. The third-order valence-electron chi connectivity index (χ3n) is 4.26. The van der Waals surface area contributed by atoms with Crippen molar-refractivity contribution in [3.05, 3.63) is 48.2 Å². The summed E-state index contributed by atoms with van der Waals surface area (Å²) < 4.78 is 18.8. The third-order valence-corrected chi connectivity index (χ3v) is 4.26. The van der Waals surface area contributed by atoms with Crippen LogP contribution in [0.25, 0.3) is 0 Å². The Morgan fingerprint density at radius 2 is 1.88 bits per heavy atom. The standard InChI is InChI=1S/C18H22FN5O2/c1-26-11-6-20-18(25)15-12-22-17(13-21-15)24-9-7-23(8-10-24)16-5-3-2-4-14(16)19/h2-5,12-13H,6-11H2,1H3,(H,20,25). The molecule has 138 valence electrons. The molecule has 1 aliphatic rings. The van der Waals surface area contributed by atoms with Crippen molar-refractivity contribution in [2.45, 2.75) is 0 Å². The lowest BCUT2D eigenvalue weighted by atomic mass is 10.2. The number of halogens is 1. The first-order chi connectivity index (χ1) is 12.7. The van der Waals surface area contributed by atoms with E-state index in [2.05, 4.69) is 20.2 Å². The predicted octanol–water partition coefficient (Wildman–Crippen LogP) is 1.32. The topological polar surface area (TPSA) is 70.6 Å². The van der Waals surface area contributed by atoms with Gasteiger partial charge in [-0.15, -0.1) is 0 Å². The monoisotopic (exact) mass is 359 g/mol. The molecule has 1 N–H and O–H groups in total. The number of methoxy groups -OCH3 is 1. The summed E-state index contributed by atoms with van der Waals surface area (Å²) in [5, 5.41) is 2.71. The minimum atomic E-state index is -0.273. The molecule has 1 saturated heterocycles. The van der Waals surface area contributed by atoms with Gasteiger partial charge in [-0.2, -0.15) is 0 Å². The molecule has 1 aromatic heterocycles. The lowest BCUT2D eigenvalue weighted by Crippen LogP contribution is -2.47. The first kappa shape index (κ1) is 18.1. The Hall–Kier alpha value is -2.74. The maximum Gasteiger partial charge on any atom is 0.271 e. The molecule has 0 atom stereocenters. The Balaban J connectivity index is 1.56. The van der Waals surface area contributed by atoms with Crippen molar-refractivity contribution in [3.63, 3.8) is 0 Å². The van der Waals surface area contributed by atoms with Crippen LogP contribution in [0.1, 0.15) is 10.5 Å². The van der Waals surface area contributed by atoms with Crippen LogP contribution in [-0.2, 0) is 4.74 Å². The van der Waals surface area contributed by atoms with Crippen molar-refractivity contribution in [2.24, 2.45) is 0 Å². The van der Waals surface area contributed by atoms with Gasteiger partial charge in [-0.1, -0.05) is 12.1 Å². The number of anilines is 2. The Kier molecular flexibility index (Phi) is 5.96. The van der Waals surface area contributed by atoms with Crippen molar-refractivity contribution in [1.82, 2.24) is 15.3 Å². The maximum atomic E-state index is 13.9. The van der Waals surface area contributed by atoms with Gasteiger partial charge in [-0.05, 0) is 12.1 Å². The summed E-state index contributed by atoms with van der Waals surface area (Å²) in [5.74, 6) is 0.238. The Morgan fingerprint density at radius 3 is 2.54 bits per heavy atom. The largest absolute Gasteiger partial charge is 0.383 e. The number of hydrogen-bond acceptors (Lipinski definition) is 6. The molecule has 1 fully saturated rings. The number of benzene rings is 1. The van der Waals surface area contributed by atoms with E-state index in [0.29, 0.717) is 50.8 Å². The number of nitrogens with one attached hydrogen (secondary N) is 1. The molecule has 7 nitrogen and oxygen atoms in total. The molecule has 1 aliphatic heterocycles. The molecule has 0 unspecified atom stereocenters. The number of ether oxygens (including phenoxy) is 1. The van der Waals surface area contributed by atoms with Crippen LogP contribution < -0.4 is 15.1 Å². The fourth-order valence-corrected chi connectivity index (χ4v) is 2.84. The van der Waals surface area contributed by atoms with E-state index >= 15 is 0 Å². The van der Waals surface area contributed by atoms with Crippen molar-refractivity contribution in [2.75, 3.05) is 56.2 Å². The molecule has 2 heterocycles. The van der Waals surface area contributed by atoms with Crippen LogP contribution in [0.3, 0.4) is 0 Å². The van der Waals surface area contributed by atoms with Gasteiger partial charge in [0.05, 0.1) is 24.7 Å². The van der Waals surface area contributed by atoms with Crippen molar-refractivity contribution in [3.8, 4) is 0 Å². The summed E-state index contributed by atoms with van der Waals surface area (Å²) in [6, 6.07) is 6.80. The number of carbonyl (C=O) groups is 1. The number of rotatable bonds is 6. The highest BCUT2D eigenvalue weighted by Crippen LogP contribution is 2.21. The minimum Gasteiger partial charge on any atom is -0.383 e. The first-order valence-electron chi connectivity index (χ1n) is 8.52. The van der Waals surface area contributed by atoms with E-state index in [-0.39, 0.29) is 17.4 Å². The second-order valence-electron chi connectivity index (χ2n) is 5.93. The summed E-state index contributed by atoms with van der Waals surface area (Å²) in [6.45, 7) is 3.69. The van der Waals surface area contributed by atoms with Crippen molar-refractivity contribution < 1.29 is 13.9 Å². The second-order valence-corrected chi connectivity index (χ2v) is 5.93. The zero-order valence-electron chi connectivity index (χ0n) is 14.7. The molecule has 0 radical (unpaired) electrons. The van der Waals surface area contributed by atoms with E-state index in [1.54, 1.807) is 25.4 Å². The van der Waals surface area contributed by atoms with Gasteiger partial charge in [0.1, 0.15) is 17.3 Å². The van der Waals surface area contributed by atoms with Gasteiger partial charge in [0.15, 0.2) is 0 Å². The summed E-state index contributed by atoms with van der Waals surface area (Å²) in [5.41, 5.74) is 0.899. The quantitative estimate of drug-likeness (QED) is 0.785. The zero-order chi connectivity index (χ0) is 18.4. The van der Waals surface area contributed by atoms with Crippen LogP contribution in [0.5, 0.6) is 0 Å². The minimum absolute atomic E-state index is 0.204. The molecular formula is C18H22FN5O2. The Labute approximate surface area is 151 Å². The summed E-state index contributed by atoms with van der Waals surface area (Å²) >= 11 is 0. The molecule has 3 rings (SSSR count). The van der Waals surface area contributed by atoms with Gasteiger partial charge in [-0.25, -0.2) is 14.4 Å². The molecule has 0 aliphatic carbocycles. The maximum absolute atomic E-state index is 13.9. The van der Waals surface area contributed by atoms with E-state index in [9.17, 15) is 9.18 Å². The van der Waals surface area contributed by atoms with E-state index in [1.165, 1.54) is 12.3 Å². The number of carbonyl (C=O) groups excluding carboxylic acids is 1. The van der Waals surface area contributed by atoms with Gasteiger partial charge in [0.2, 0.25) is 0 Å². The Bertz CT molecular complexity index is 733. The van der Waals surface area contributed by atoms with Crippen LogP contribution in [-0.4, -0.2) is 62.3 Å². The van der Waals surface area contributed by atoms with Gasteiger partial charge in [0, 0.05) is 39.8 Å². The van der Waals surface area contributed by atoms with Crippen LogP contribution >= 0.6 is 0 Å². The fraction of sp³-hybridized carbons (Fsp3) is 0.389. The molecule has 0 bridgehead atoms. The number of hydrogen-bond donors (Lipinski definition) is 1. The summed E-state index contributed by atoms with van der Waals surface area (Å²) in [7, 11) is 1.58. The number of aromatic nitrogens is 2. The average molecular weight is 359 g/mol. The number of para-hydroxylation sites is 1. The third kappa shape index (κ3) is 4.26. The smallest absolute Gasteiger partial charge is 0.271 e. The second kappa shape index (κ2) is 8.57. The van der Waals surface area contributed by atoms with Gasteiger partial charge in [0.25, 0.3) is 5.91 Å². The molecule has 1 amide bonds. The molecule has 0 spiro atoms. The first-order valence-corrected chi connectivity index (χ1v) is 8.52. The van der Waals surface area contributed by atoms with E-state index in [4.69, 9.17) is 4.74 Å². The van der Waals surface area contributed by atoms with Crippen LogP contribution in [0.15, 0.2) is 36.7 Å². The molecule has 1 aromatic carbocycles. The molecule has 8 heteroatoms. The van der Waals surface area contributed by atoms with Gasteiger partial charge in [-0.3, -0.25) is 4.79 Å². The highest BCUT2D eigenvalue weighted by Gasteiger charge is 2.20. The van der Waals surface area contributed by atoms with Crippen molar-refractivity contribution >= 4 is 17.4 Å². The number of amides is 1. The van der Waals surface area contributed by atoms with E-state index in [0.717, 1.165) is 0 Å². The molecule has 2 aromatic rings. The normalized spacial score (nSPS) is 14.4. The van der Waals surface area contributed by atoms with E-state index in [1.807, 2.05) is 11.0 Å². The summed E-state index contributed by atoms with van der Waals surface area (Å²) in [4.78, 5) is 24.6. The van der Waals surface area contributed by atoms with Crippen LogP contribution in [0, 0.1) is 5.82 Å². The lowest BCUT2D eigenvalue weighted by molar-refractivity contribution is 0.0931. The van der Waals surface area contributed by atoms with Gasteiger partial charge >= 0.3 is 0 Å². The van der Waals surface area contributed by atoms with Gasteiger partial charge < -0.3 is 19.9 Å². The highest BCUT2D eigenvalue weighted by atomic mass is 19.1. The lowest BCUT2D eigenvalue weighted by Gasteiger charge is -2.36. The van der Waals surface area contributed by atoms with Crippen molar-refractivity contribution in [1.29, 1.82) is 0 Å². The fourth-order valence-electron chi connectivity index (χ4n) is 2.84. The molecule has 26 heavy (non-hydrogen) atoms. The van der Waals surface area contributed by atoms with Crippen LogP contribution in [0.2, 0.25) is 0 Å². The average Bonchev–Trinajstić information content (AvgIpc) is 2.69.